The van der Waals surface area contributed by atoms with Crippen molar-refractivity contribution in [3.63, 3.8) is 0 Å². The van der Waals surface area contributed by atoms with Gasteiger partial charge in [-0.3, -0.25) is 4.79 Å². The predicted octanol–water partition coefficient (Wildman–Crippen LogP) is 3.44. The fraction of sp³-hybridized carbons (Fsp3) is 0.294. The van der Waals surface area contributed by atoms with Gasteiger partial charge in [0, 0.05) is 36.1 Å². The molecule has 6 nitrogen and oxygen atoms in total. The lowest BCUT2D eigenvalue weighted by molar-refractivity contribution is -0.115. The number of carbonyl (C=O) groups is 1. The van der Waals surface area contributed by atoms with Crippen LogP contribution >= 0.6 is 23.2 Å². The van der Waals surface area contributed by atoms with Gasteiger partial charge in [-0.15, -0.1) is 0 Å². The van der Waals surface area contributed by atoms with Crippen LogP contribution in [0.1, 0.15) is 16.8 Å². The van der Waals surface area contributed by atoms with Gasteiger partial charge >= 0.3 is 0 Å². The molecule has 1 N–H and O–H groups in total. The number of hydrogen-bond acceptors (Lipinski definition) is 4. The topological polar surface area (TPSA) is 79.4 Å². The van der Waals surface area contributed by atoms with Crippen molar-refractivity contribution in [2.45, 2.75) is 25.2 Å². The van der Waals surface area contributed by atoms with Crippen molar-refractivity contribution in [2.75, 3.05) is 19.4 Å². The number of nitrogens with zero attached hydrogens (tertiary/aromatic N) is 2. The van der Waals surface area contributed by atoms with Crippen LogP contribution in [-0.4, -0.2) is 37.7 Å². The summed E-state index contributed by atoms with van der Waals surface area (Å²) in [6.07, 6.45) is -0.0748. The maximum atomic E-state index is 12.4. The predicted molar refractivity (Wildman–Crippen MR) is 103 cm³/mol. The molecule has 9 heteroatoms. The Labute approximate surface area is 163 Å². The van der Waals surface area contributed by atoms with Crippen LogP contribution in [0.3, 0.4) is 0 Å². The van der Waals surface area contributed by atoms with Crippen molar-refractivity contribution >= 4 is 44.8 Å². The first-order valence-electron chi connectivity index (χ1n) is 7.67. The summed E-state index contributed by atoms with van der Waals surface area (Å²) in [6.45, 7) is 3.44. The second kappa shape index (κ2) is 7.92. The van der Waals surface area contributed by atoms with Crippen molar-refractivity contribution in [2.24, 2.45) is 0 Å². The van der Waals surface area contributed by atoms with Gasteiger partial charge < -0.3 is 5.32 Å². The lowest BCUT2D eigenvalue weighted by atomic mass is 10.1. The number of benzene rings is 1. The Kier molecular flexibility index (Phi) is 6.29. The number of halogens is 2. The Hall–Kier alpha value is -1.67. The molecule has 0 fully saturated rings. The van der Waals surface area contributed by atoms with E-state index in [0.29, 0.717) is 27.5 Å². The van der Waals surface area contributed by atoms with Gasteiger partial charge in [-0.05, 0) is 37.6 Å². The molecule has 140 valence electrons. The second-order valence-corrected chi connectivity index (χ2v) is 8.89. The number of anilines is 1. The third-order valence-electron chi connectivity index (χ3n) is 3.72. The molecule has 0 atom stereocenters. The molecular formula is C17H19Cl2N3O3S. The summed E-state index contributed by atoms with van der Waals surface area (Å²) in [4.78, 5) is 16.6. The number of rotatable bonds is 5. The van der Waals surface area contributed by atoms with E-state index in [2.05, 4.69) is 10.3 Å². The first kappa shape index (κ1) is 20.6. The van der Waals surface area contributed by atoms with Crippen molar-refractivity contribution in [3.8, 4) is 0 Å². The number of nitrogens with one attached hydrogen (secondary N) is 1. The minimum atomic E-state index is -3.61. The monoisotopic (exact) mass is 415 g/mol. The molecule has 1 heterocycles. The summed E-state index contributed by atoms with van der Waals surface area (Å²) >= 11 is 12.2. The molecule has 0 saturated heterocycles. The number of amides is 1. The molecule has 26 heavy (non-hydrogen) atoms. The SMILES string of the molecule is Cc1cc(Cl)c(CC(=O)Nc2ccc(C)c(S(=O)(=O)N(C)C)c2)c(Cl)n1. The smallest absolute Gasteiger partial charge is 0.242 e. The summed E-state index contributed by atoms with van der Waals surface area (Å²) < 4.78 is 25.9. The molecule has 1 aromatic heterocycles. The van der Waals surface area contributed by atoms with E-state index in [0.717, 1.165) is 4.31 Å². The summed E-state index contributed by atoms with van der Waals surface area (Å²) in [5.74, 6) is -0.378. The Balaban J connectivity index is 2.26. The Morgan fingerprint density at radius 1 is 1.19 bits per heavy atom. The number of sulfonamides is 1. The van der Waals surface area contributed by atoms with E-state index in [1.807, 2.05) is 0 Å². The van der Waals surface area contributed by atoms with Crippen LogP contribution in [0.5, 0.6) is 0 Å². The standard InChI is InChI=1S/C17H19Cl2N3O3S/c1-10-5-6-12(8-15(10)26(24,25)22(3)4)21-16(23)9-13-14(18)7-11(2)20-17(13)19/h5-8H,9H2,1-4H3,(H,21,23). The zero-order chi connectivity index (χ0) is 19.6. The molecule has 0 aliphatic rings. The molecule has 1 aromatic carbocycles. The van der Waals surface area contributed by atoms with Gasteiger partial charge in [0.1, 0.15) is 5.15 Å². The Bertz CT molecular complexity index is 937. The van der Waals surface area contributed by atoms with Crippen LogP contribution in [-0.2, 0) is 21.2 Å². The first-order valence-corrected chi connectivity index (χ1v) is 9.86. The van der Waals surface area contributed by atoms with Crippen molar-refractivity contribution in [3.05, 3.63) is 51.3 Å². The highest BCUT2D eigenvalue weighted by atomic mass is 35.5. The van der Waals surface area contributed by atoms with E-state index >= 15 is 0 Å². The van der Waals surface area contributed by atoms with Crippen LogP contribution in [0.4, 0.5) is 5.69 Å². The van der Waals surface area contributed by atoms with E-state index in [9.17, 15) is 13.2 Å². The van der Waals surface area contributed by atoms with E-state index < -0.39 is 10.0 Å². The number of carbonyl (C=O) groups excluding carboxylic acids is 1. The van der Waals surface area contributed by atoms with E-state index in [1.54, 1.807) is 32.0 Å². The molecule has 0 saturated carbocycles. The largest absolute Gasteiger partial charge is 0.326 e. The maximum Gasteiger partial charge on any atom is 0.242 e. The van der Waals surface area contributed by atoms with Crippen LogP contribution in [0.15, 0.2) is 29.2 Å². The van der Waals surface area contributed by atoms with Gasteiger partial charge in [0.15, 0.2) is 0 Å². The minimum absolute atomic E-state index is 0.0748. The van der Waals surface area contributed by atoms with Gasteiger partial charge in [0.25, 0.3) is 0 Å². The van der Waals surface area contributed by atoms with Crippen molar-refractivity contribution in [1.82, 2.24) is 9.29 Å². The Morgan fingerprint density at radius 3 is 2.42 bits per heavy atom. The maximum absolute atomic E-state index is 12.4. The van der Waals surface area contributed by atoms with Gasteiger partial charge in [-0.25, -0.2) is 17.7 Å². The second-order valence-electron chi connectivity index (χ2n) is 6.01. The van der Waals surface area contributed by atoms with Crippen LogP contribution in [0.25, 0.3) is 0 Å². The average Bonchev–Trinajstić information content (AvgIpc) is 2.52. The molecule has 1 amide bonds. The van der Waals surface area contributed by atoms with Gasteiger partial charge in [0.05, 0.1) is 11.3 Å². The zero-order valence-electron chi connectivity index (χ0n) is 14.8. The van der Waals surface area contributed by atoms with Crippen molar-refractivity contribution in [1.29, 1.82) is 0 Å². The van der Waals surface area contributed by atoms with Gasteiger partial charge in [-0.1, -0.05) is 29.3 Å². The third-order valence-corrected chi connectivity index (χ3v) is 6.32. The highest BCUT2D eigenvalue weighted by Gasteiger charge is 2.21. The molecule has 0 bridgehead atoms. The molecule has 0 aliphatic carbocycles. The summed E-state index contributed by atoms with van der Waals surface area (Å²) in [7, 11) is -0.708. The van der Waals surface area contributed by atoms with Crippen LogP contribution in [0, 0.1) is 13.8 Å². The highest BCUT2D eigenvalue weighted by Crippen LogP contribution is 2.26. The normalized spacial score (nSPS) is 11.7. The highest BCUT2D eigenvalue weighted by molar-refractivity contribution is 7.89. The summed E-state index contributed by atoms with van der Waals surface area (Å²) in [5.41, 5.74) is 2.03. The summed E-state index contributed by atoms with van der Waals surface area (Å²) in [5, 5.41) is 3.20. The van der Waals surface area contributed by atoms with Crippen LogP contribution < -0.4 is 5.32 Å². The lowest BCUT2D eigenvalue weighted by Gasteiger charge is -2.15. The molecule has 0 spiro atoms. The van der Waals surface area contributed by atoms with E-state index in [1.165, 1.54) is 20.2 Å². The molecule has 0 unspecified atom stereocenters. The molecule has 2 aromatic rings. The number of hydrogen-bond donors (Lipinski definition) is 1. The van der Waals surface area contributed by atoms with Crippen LogP contribution in [0.2, 0.25) is 10.2 Å². The minimum Gasteiger partial charge on any atom is -0.326 e. The fourth-order valence-electron chi connectivity index (χ4n) is 2.30. The number of aromatic nitrogens is 1. The molecule has 0 radical (unpaired) electrons. The third kappa shape index (κ3) is 4.54. The van der Waals surface area contributed by atoms with Crippen molar-refractivity contribution < 1.29 is 13.2 Å². The number of pyridine rings is 1. The molecular weight excluding hydrogens is 397 g/mol. The zero-order valence-corrected chi connectivity index (χ0v) is 17.1. The number of aryl methyl sites for hydroxylation is 2. The Morgan fingerprint density at radius 2 is 1.85 bits per heavy atom. The molecule has 2 rings (SSSR count). The van der Waals surface area contributed by atoms with E-state index in [4.69, 9.17) is 23.2 Å². The van der Waals surface area contributed by atoms with Gasteiger partial charge in [0.2, 0.25) is 15.9 Å². The quantitative estimate of drug-likeness (QED) is 0.758. The average molecular weight is 416 g/mol. The van der Waals surface area contributed by atoms with Gasteiger partial charge in [-0.2, -0.15) is 0 Å². The van der Waals surface area contributed by atoms with E-state index in [-0.39, 0.29) is 22.4 Å². The summed E-state index contributed by atoms with van der Waals surface area (Å²) in [6, 6.07) is 6.33. The first-order chi connectivity index (χ1) is 12.0. The lowest BCUT2D eigenvalue weighted by Crippen LogP contribution is -2.23. The molecule has 0 aliphatic heterocycles. The fourth-order valence-corrected chi connectivity index (χ4v) is 4.11.